The van der Waals surface area contributed by atoms with Crippen LogP contribution in [0.1, 0.15) is 237 Å². The Bertz CT molecular complexity index is 8440. The predicted octanol–water partition coefficient (Wildman–Crippen LogP) is 23.8. The third-order valence-corrected chi connectivity index (χ3v) is 29.6. The SMILES string of the molecule is [2H]C([2H])([2H])c1c[n+](C)c2c(c1C([2H])([2H])C(C)C)C(C)(C)n1c3c-2c(C)ccc3n2c3ccccc3nc12.[2H]C([2H])(c1cc[n+](C)c2c1C(C)(C)n1c3c-2c(C)ccc3n2c3ccccc3nc12)C(C)C.[2H]C1(c2cc[n+](C)c3c2C(C)(C)n2c4c-3c(C)ccc4n3c4ccccc4nc23)CCCC1.[2H]C1(c2cc[n+](C)c3c2C(C)(C)n2c4c-3c(C)ccc4n3c4ccccc4nc23)CCCCC1. The van der Waals surface area contributed by atoms with Gasteiger partial charge in [-0.15, -0.1) is 0 Å². The van der Waals surface area contributed by atoms with E-state index in [2.05, 4.69) is 300 Å². The van der Waals surface area contributed by atoms with E-state index in [1.165, 1.54) is 101 Å². The molecule has 16 heterocycles. The summed E-state index contributed by atoms with van der Waals surface area (Å²) in [7, 11) is 8.26. The fourth-order valence-electron chi connectivity index (χ4n) is 24.2. The van der Waals surface area contributed by atoms with Crippen LogP contribution in [-0.2, 0) is 63.1 Å². The standard InChI is InChI=1S/C29H31N4.C28H29N4.C28H31N4.C27H29N4/c1-18-14-15-23-26-24(18)27-25(20(16-17-31(27)4)19-10-6-5-7-11-19)29(2,3)33(26)28-30-21-12-8-9-13-22(21)32(23)28;1-17-13-14-22-25-23(17)26-24(19(15-16-30(26)4)18-9-5-6-10-18)28(2,3)32(25)27-29-20-11-7-8-12-21(20)31(22)27;1-16(2)14-19-18(4)15-30(7)26-23-17(3)12-13-22-25(23)32(28(5,6)24(19)26)27-29-20-10-8-9-11-21(20)31(22)27;1-16(2)15-18-13-14-29(6)25-22-17(3)11-12-21-24(22)31(27(4,5)23(18)25)26-28-19-9-7-8-10-20(19)30(21)26/h8-9,12-17,19H,5-7,10-11H2,1-4H3;7-8,11-16,18H,5-6,9-10H2,1-4H3;8-13,15-16H,14H2,1-7H3;7-14,16H,15H2,1-6H3/q4*+1/i19D;18D;4D3,14D2;15D2. The average Bonchev–Trinajstić information content (AvgIpc) is 1.54. The van der Waals surface area contributed by atoms with Crippen LogP contribution in [0.3, 0.4) is 0 Å². The summed E-state index contributed by atoms with van der Waals surface area (Å²) >= 11 is 0. The summed E-state index contributed by atoms with van der Waals surface area (Å²) in [5.41, 5.74) is 37.3. The van der Waals surface area contributed by atoms with Crippen LogP contribution in [0.25, 0.3) is 156 Å². The average molecular weight is 1700 g/mol. The van der Waals surface area contributed by atoms with Crippen LogP contribution in [0, 0.1) is 46.4 Å². The van der Waals surface area contributed by atoms with Crippen molar-refractivity contribution < 1.29 is 30.6 Å². The van der Waals surface area contributed by atoms with Gasteiger partial charge < -0.3 is 0 Å². The van der Waals surface area contributed by atoms with E-state index in [4.69, 9.17) is 26.8 Å². The van der Waals surface area contributed by atoms with Crippen molar-refractivity contribution in [2.24, 2.45) is 40.0 Å². The van der Waals surface area contributed by atoms with Gasteiger partial charge in [0.25, 0.3) is 0 Å². The predicted molar refractivity (Wildman–Crippen MR) is 521 cm³/mol. The molecule has 0 bridgehead atoms. The highest BCUT2D eigenvalue weighted by Gasteiger charge is 2.50. The van der Waals surface area contributed by atoms with Crippen LogP contribution in [0.5, 0.6) is 0 Å². The van der Waals surface area contributed by atoms with Gasteiger partial charge in [0.15, 0.2) is 24.8 Å². The fraction of sp³-hybridized carbons (Fsp3) is 0.357. The molecular weight excluding hydrogens is 1570 g/mol. The monoisotopic (exact) mass is 1700 g/mol. The van der Waals surface area contributed by atoms with Gasteiger partial charge in [0.1, 0.15) is 28.2 Å². The van der Waals surface area contributed by atoms with Gasteiger partial charge in [0.2, 0.25) is 45.9 Å². The first-order valence-electron chi connectivity index (χ1n) is 50.8. The number of benzene rings is 8. The second kappa shape index (κ2) is 28.2. The molecule has 2 saturated carbocycles. The molecule has 0 atom stereocenters. The van der Waals surface area contributed by atoms with Gasteiger partial charge in [0.05, 0.1) is 155 Å². The van der Waals surface area contributed by atoms with E-state index in [0.29, 0.717) is 5.56 Å². The number of aromatic nitrogens is 16. The number of imidazole rings is 8. The minimum Gasteiger partial charge on any atom is -0.299 e. The number of aryl methyl sites for hydroxylation is 9. The van der Waals surface area contributed by atoms with Crippen molar-refractivity contribution >= 4 is 111 Å². The molecule has 0 unspecified atom stereocenters. The molecule has 0 N–H and O–H groups in total. The minimum atomic E-state index is -2.48. The van der Waals surface area contributed by atoms with Gasteiger partial charge in [-0.25, -0.2) is 38.2 Å². The molecule has 26 rings (SSSR count). The van der Waals surface area contributed by atoms with Crippen molar-refractivity contribution in [3.05, 3.63) is 261 Å². The molecular formula is C112H120N16+4. The lowest BCUT2D eigenvalue weighted by Crippen LogP contribution is -2.42. The molecule has 16 heteroatoms. The first-order chi connectivity index (χ1) is 64.9. The Labute approximate surface area is 761 Å². The lowest BCUT2D eigenvalue weighted by atomic mass is 9.75. The van der Waals surface area contributed by atoms with Gasteiger partial charge in [-0.3, -0.25) is 35.9 Å². The second-order valence-electron chi connectivity index (χ2n) is 40.0. The lowest BCUT2D eigenvalue weighted by molar-refractivity contribution is -0.661. The van der Waals surface area contributed by atoms with Crippen LogP contribution >= 0.6 is 0 Å². The van der Waals surface area contributed by atoms with Crippen molar-refractivity contribution in [2.75, 3.05) is 0 Å². The zero-order valence-corrected chi connectivity index (χ0v) is 77.6. The summed E-state index contributed by atoms with van der Waals surface area (Å²) in [6.45, 7) is 31.5. The lowest BCUT2D eigenvalue weighted by Gasteiger charge is -2.37. The molecule has 0 radical (unpaired) electrons. The summed E-state index contributed by atoms with van der Waals surface area (Å²) in [4.78, 5) is 20.4. The van der Waals surface area contributed by atoms with E-state index in [-0.39, 0.29) is 28.1 Å². The van der Waals surface area contributed by atoms with Gasteiger partial charge in [-0.1, -0.05) is 133 Å². The number of nitrogens with zero attached hydrogens (tertiary/aromatic N) is 16. The van der Waals surface area contributed by atoms with E-state index in [0.717, 1.165) is 169 Å². The maximum Gasteiger partial charge on any atom is 0.220 e. The zero-order valence-electron chi connectivity index (χ0n) is 86.6. The van der Waals surface area contributed by atoms with Gasteiger partial charge >= 0.3 is 0 Å². The Kier molecular flexibility index (Phi) is 15.5. The van der Waals surface area contributed by atoms with Crippen molar-refractivity contribution in [3.63, 3.8) is 0 Å². The van der Waals surface area contributed by atoms with E-state index in [1.54, 1.807) is 6.20 Å². The van der Waals surface area contributed by atoms with Gasteiger partial charge in [-0.05, 0) is 269 Å². The number of hydrogen-bond donors (Lipinski definition) is 0. The smallest absolute Gasteiger partial charge is 0.220 e. The topological polar surface area (TPSA) is 104 Å². The Morgan fingerprint density at radius 3 is 0.984 bits per heavy atom. The van der Waals surface area contributed by atoms with Crippen LogP contribution < -0.4 is 18.3 Å². The Morgan fingerprint density at radius 2 is 0.648 bits per heavy atom. The summed E-state index contributed by atoms with van der Waals surface area (Å²) < 4.78 is 108. The first kappa shape index (κ1) is 70.5. The molecule has 128 heavy (non-hydrogen) atoms. The molecule has 20 aromatic rings. The first-order valence-corrected chi connectivity index (χ1v) is 46.3. The van der Waals surface area contributed by atoms with Crippen LogP contribution in [0.15, 0.2) is 189 Å². The number of pyridine rings is 4. The maximum absolute atomic E-state index is 9.61. The molecule has 16 nitrogen and oxygen atoms in total. The highest BCUT2D eigenvalue weighted by Crippen LogP contribution is 2.56. The third-order valence-electron chi connectivity index (χ3n) is 29.6. The highest BCUT2D eigenvalue weighted by molar-refractivity contribution is 6.06. The Morgan fingerprint density at radius 1 is 0.352 bits per heavy atom. The van der Waals surface area contributed by atoms with Crippen molar-refractivity contribution in [1.29, 1.82) is 0 Å². The van der Waals surface area contributed by atoms with Gasteiger partial charge in [-0.2, -0.15) is 0 Å². The Balaban J connectivity index is 0.000000103. The molecule has 644 valence electrons. The third kappa shape index (κ3) is 11.0. The molecule has 12 aromatic heterocycles. The van der Waals surface area contributed by atoms with E-state index < -0.39 is 48.4 Å². The van der Waals surface area contributed by atoms with Crippen LogP contribution in [0.4, 0.5) is 0 Å². The van der Waals surface area contributed by atoms with Crippen molar-refractivity contribution in [3.8, 4) is 45.0 Å². The molecule has 4 aliphatic heterocycles. The molecule has 0 spiro atoms. The zero-order chi connectivity index (χ0) is 96.4. The van der Waals surface area contributed by atoms with E-state index >= 15 is 0 Å². The summed E-state index contributed by atoms with van der Waals surface area (Å²) in [5.74, 6) is 2.00. The van der Waals surface area contributed by atoms with Crippen LogP contribution in [0.2, 0.25) is 0 Å². The maximum atomic E-state index is 9.61. The molecule has 0 amide bonds. The summed E-state index contributed by atoms with van der Waals surface area (Å²) in [6.07, 6.45) is 14.2. The summed E-state index contributed by atoms with van der Waals surface area (Å²) in [6, 6.07) is 57.2. The minimum absolute atomic E-state index is 0.0606. The summed E-state index contributed by atoms with van der Waals surface area (Å²) in [5, 5.41) is 0. The second-order valence-corrected chi connectivity index (χ2v) is 40.0. The van der Waals surface area contributed by atoms with E-state index in [1.807, 2.05) is 75.8 Å². The molecule has 2 aliphatic carbocycles. The molecule has 0 saturated heterocycles. The number of rotatable bonds is 6. The fourth-order valence-corrected chi connectivity index (χ4v) is 24.2. The van der Waals surface area contributed by atoms with Crippen LogP contribution in [-0.4, -0.2) is 55.8 Å². The molecule has 8 aromatic carbocycles. The number of para-hydroxylation sites is 8. The largest absolute Gasteiger partial charge is 0.299 e. The highest BCUT2D eigenvalue weighted by atomic mass is 15.3. The Hall–Kier alpha value is -12.6. The van der Waals surface area contributed by atoms with E-state index in [9.17, 15) is 5.48 Å². The number of hydrogen-bond acceptors (Lipinski definition) is 4. The molecule has 2 fully saturated rings. The van der Waals surface area contributed by atoms with Gasteiger partial charge in [0, 0.05) is 36.1 Å². The molecule has 6 aliphatic rings. The number of fused-ring (bicyclic) bond motifs is 28. The van der Waals surface area contributed by atoms with Crippen molar-refractivity contribution in [2.45, 2.75) is 222 Å². The van der Waals surface area contributed by atoms with Crippen molar-refractivity contribution in [1.82, 2.24) is 55.8 Å². The normalized spacial score (nSPS) is 18.1. The quantitative estimate of drug-likeness (QED) is 0.155.